The summed E-state index contributed by atoms with van der Waals surface area (Å²) in [5.41, 5.74) is 8.46. The van der Waals surface area contributed by atoms with Crippen LogP contribution in [-0.2, 0) is 14.8 Å². The molecule has 0 aromatic heterocycles. The maximum atomic E-state index is 13.6. The molecule has 5 rings (SSSR count). The van der Waals surface area contributed by atoms with E-state index in [0.29, 0.717) is 45.3 Å². The predicted octanol–water partition coefficient (Wildman–Crippen LogP) is -0.600. The standard InChI is InChI=1S/C20H34FN7O4S2/c1-26-8-13(7-23-26)9-28-18(29)15-6-14(34(31,32)25-20(11-21)4-5-20)2-3-16(15)27(19(28)30)10-17-24-22-12-33-17/h13-17,22-25H,2-12H2,1H3. The van der Waals surface area contributed by atoms with Crippen LogP contribution < -0.4 is 21.0 Å². The molecule has 2 saturated carbocycles. The number of carbonyl (C=O) groups is 2. The van der Waals surface area contributed by atoms with E-state index in [-0.39, 0.29) is 35.7 Å². The van der Waals surface area contributed by atoms with Crippen molar-refractivity contribution in [2.24, 2.45) is 11.8 Å². The molecule has 0 radical (unpaired) electrons. The smallest absolute Gasteiger partial charge is 0.318 e. The van der Waals surface area contributed by atoms with E-state index in [4.69, 9.17) is 0 Å². The first-order valence-electron chi connectivity index (χ1n) is 12.0. The van der Waals surface area contributed by atoms with Gasteiger partial charge in [-0.3, -0.25) is 15.1 Å². The zero-order valence-corrected chi connectivity index (χ0v) is 21.0. The highest BCUT2D eigenvalue weighted by Crippen LogP contribution is 2.41. The van der Waals surface area contributed by atoms with Crippen molar-refractivity contribution in [1.82, 2.24) is 35.8 Å². The Morgan fingerprint density at radius 1 is 1.24 bits per heavy atom. The number of hydrazine groups is 2. The van der Waals surface area contributed by atoms with Gasteiger partial charge in [0, 0.05) is 45.2 Å². The van der Waals surface area contributed by atoms with Crippen LogP contribution in [0.5, 0.6) is 0 Å². The molecule has 3 amide bonds. The van der Waals surface area contributed by atoms with Crippen molar-refractivity contribution in [1.29, 1.82) is 0 Å². The lowest BCUT2D eigenvalue weighted by atomic mass is 9.80. The Bertz CT molecular complexity index is 915. The van der Waals surface area contributed by atoms with Crippen LogP contribution in [-0.4, -0.2) is 103 Å². The third kappa shape index (κ3) is 4.82. The van der Waals surface area contributed by atoms with E-state index in [0.717, 1.165) is 12.4 Å². The van der Waals surface area contributed by atoms with Crippen molar-refractivity contribution >= 4 is 33.7 Å². The average molecular weight is 520 g/mol. The zero-order chi connectivity index (χ0) is 24.1. The fourth-order valence-electron chi connectivity index (χ4n) is 5.61. The minimum absolute atomic E-state index is 0.00124. The third-order valence-corrected chi connectivity index (χ3v) is 10.7. The number of halogens is 1. The van der Waals surface area contributed by atoms with Crippen molar-refractivity contribution in [2.45, 2.75) is 54.3 Å². The Balaban J connectivity index is 1.35. The van der Waals surface area contributed by atoms with Gasteiger partial charge in [-0.15, -0.1) is 11.8 Å². The van der Waals surface area contributed by atoms with Gasteiger partial charge in [0.25, 0.3) is 0 Å². The number of rotatable bonds is 8. The molecule has 0 aromatic rings. The number of hydrogen-bond donors (Lipinski definition) is 4. The van der Waals surface area contributed by atoms with E-state index in [2.05, 4.69) is 21.0 Å². The second-order valence-electron chi connectivity index (χ2n) is 10.3. The summed E-state index contributed by atoms with van der Waals surface area (Å²) < 4.78 is 42.1. The van der Waals surface area contributed by atoms with Crippen molar-refractivity contribution < 1.29 is 22.4 Å². The van der Waals surface area contributed by atoms with E-state index in [1.165, 1.54) is 4.90 Å². The monoisotopic (exact) mass is 519 g/mol. The van der Waals surface area contributed by atoms with Gasteiger partial charge in [-0.1, -0.05) is 0 Å². The topological polar surface area (TPSA) is 126 Å². The Morgan fingerprint density at radius 3 is 2.65 bits per heavy atom. The summed E-state index contributed by atoms with van der Waals surface area (Å²) >= 11 is 1.66. The van der Waals surface area contributed by atoms with Gasteiger partial charge in [-0.25, -0.2) is 38.2 Å². The molecular weight excluding hydrogens is 485 g/mol. The molecule has 4 N–H and O–H groups in total. The highest BCUT2D eigenvalue weighted by Gasteiger charge is 2.53. The second kappa shape index (κ2) is 9.45. The summed E-state index contributed by atoms with van der Waals surface area (Å²) in [7, 11) is -1.85. The first-order valence-corrected chi connectivity index (χ1v) is 14.6. The van der Waals surface area contributed by atoms with E-state index in [1.807, 2.05) is 12.1 Å². The zero-order valence-electron chi connectivity index (χ0n) is 19.3. The summed E-state index contributed by atoms with van der Waals surface area (Å²) in [6.07, 6.45) is 1.92. The lowest BCUT2D eigenvalue weighted by molar-refractivity contribution is -0.141. The first kappa shape index (κ1) is 24.7. The first-order chi connectivity index (χ1) is 16.2. The number of urea groups is 1. The third-order valence-electron chi connectivity index (χ3n) is 7.74. The van der Waals surface area contributed by atoms with Crippen LogP contribution >= 0.6 is 11.8 Å². The molecule has 14 heteroatoms. The summed E-state index contributed by atoms with van der Waals surface area (Å²) in [4.78, 5) is 30.2. The van der Waals surface area contributed by atoms with Crippen LogP contribution in [0.3, 0.4) is 0 Å². The number of nitrogens with zero attached hydrogens (tertiary/aromatic N) is 3. The number of carbonyl (C=O) groups excluding carboxylic acids is 2. The largest absolute Gasteiger partial charge is 0.327 e. The summed E-state index contributed by atoms with van der Waals surface area (Å²) in [5, 5.41) is 1.18. The van der Waals surface area contributed by atoms with Gasteiger partial charge in [-0.2, -0.15) is 0 Å². The molecule has 3 saturated heterocycles. The van der Waals surface area contributed by atoms with Gasteiger partial charge in [0.2, 0.25) is 15.9 Å². The molecule has 34 heavy (non-hydrogen) atoms. The molecule has 3 aliphatic heterocycles. The molecule has 5 unspecified atom stereocenters. The van der Waals surface area contributed by atoms with Crippen LogP contribution in [0, 0.1) is 11.8 Å². The molecule has 0 spiro atoms. The Labute approximate surface area is 203 Å². The number of imide groups is 1. The number of thioether (sulfide) groups is 1. The number of alkyl halides is 1. The number of fused-ring (bicyclic) bond motifs is 1. The molecular formula is C20H34FN7O4S2. The molecule has 0 aromatic carbocycles. The van der Waals surface area contributed by atoms with Crippen LogP contribution in [0.4, 0.5) is 9.18 Å². The normalized spacial score (nSPS) is 36.2. The van der Waals surface area contributed by atoms with Crippen molar-refractivity contribution in [3.05, 3.63) is 0 Å². The minimum atomic E-state index is -3.77. The van der Waals surface area contributed by atoms with Gasteiger partial charge >= 0.3 is 6.03 Å². The molecule has 5 fully saturated rings. The fraction of sp³-hybridized carbons (Fsp3) is 0.900. The molecule has 192 valence electrons. The Morgan fingerprint density at radius 2 is 2.03 bits per heavy atom. The highest BCUT2D eigenvalue weighted by atomic mass is 32.2. The van der Waals surface area contributed by atoms with Crippen molar-refractivity contribution in [2.75, 3.05) is 45.8 Å². The number of sulfonamides is 1. The van der Waals surface area contributed by atoms with Crippen molar-refractivity contribution in [3.63, 3.8) is 0 Å². The number of amides is 3. The molecule has 2 aliphatic carbocycles. The summed E-state index contributed by atoms with van der Waals surface area (Å²) in [5.74, 6) is -0.0234. The van der Waals surface area contributed by atoms with Crippen LogP contribution in [0.15, 0.2) is 0 Å². The number of nitrogens with one attached hydrogen (secondary N) is 4. The van der Waals surface area contributed by atoms with Gasteiger partial charge in [-0.05, 0) is 32.1 Å². The molecule has 0 bridgehead atoms. The SMILES string of the molecule is CN1CC(CN2C(=O)C3CC(S(=O)(=O)NC4(CF)CC4)CCC3N(CC3NNCS3)C2=O)CN1. The van der Waals surface area contributed by atoms with E-state index in [9.17, 15) is 22.4 Å². The van der Waals surface area contributed by atoms with Gasteiger partial charge in [0.15, 0.2) is 0 Å². The maximum absolute atomic E-state index is 13.6. The van der Waals surface area contributed by atoms with Gasteiger partial charge < -0.3 is 4.90 Å². The van der Waals surface area contributed by atoms with Crippen molar-refractivity contribution in [3.8, 4) is 0 Å². The second-order valence-corrected chi connectivity index (χ2v) is 13.4. The molecule has 5 aliphatic rings. The Kier molecular flexibility index (Phi) is 6.85. The average Bonchev–Trinajstić information content (AvgIpc) is 3.17. The van der Waals surface area contributed by atoms with Gasteiger partial charge in [0.1, 0.15) is 6.67 Å². The van der Waals surface area contributed by atoms with Gasteiger partial charge in [0.05, 0.1) is 28.0 Å². The van der Waals surface area contributed by atoms with E-state index in [1.54, 1.807) is 16.7 Å². The van der Waals surface area contributed by atoms with E-state index < -0.39 is 33.4 Å². The fourth-order valence-corrected chi connectivity index (χ4v) is 8.34. The predicted molar refractivity (Wildman–Crippen MR) is 125 cm³/mol. The summed E-state index contributed by atoms with van der Waals surface area (Å²) in [6, 6.07) is -0.616. The quantitative estimate of drug-likeness (QED) is 0.333. The van der Waals surface area contributed by atoms with Crippen LogP contribution in [0.25, 0.3) is 0 Å². The molecule has 11 nitrogen and oxygen atoms in total. The van der Waals surface area contributed by atoms with Crippen LogP contribution in [0.2, 0.25) is 0 Å². The van der Waals surface area contributed by atoms with Crippen LogP contribution in [0.1, 0.15) is 32.1 Å². The lowest BCUT2D eigenvalue weighted by Gasteiger charge is -2.49. The Hall–Kier alpha value is -1.03. The minimum Gasteiger partial charge on any atom is -0.318 e. The molecule has 5 atom stereocenters. The summed E-state index contributed by atoms with van der Waals surface area (Å²) in [6.45, 7) is 1.42. The highest BCUT2D eigenvalue weighted by molar-refractivity contribution is 8.00. The lowest BCUT2D eigenvalue weighted by Crippen LogP contribution is -2.66. The maximum Gasteiger partial charge on any atom is 0.327 e. The number of hydrogen-bond acceptors (Lipinski definition) is 9. The molecule has 3 heterocycles. The van der Waals surface area contributed by atoms with E-state index >= 15 is 0 Å².